The van der Waals surface area contributed by atoms with Gasteiger partial charge >= 0.3 is 12.2 Å². The molecule has 0 saturated heterocycles. The molecule has 2 amide bonds. The number of Topliss-reactive ketones (excluding diaryl/α,β-unsaturated/α-hetero) is 1. The molecule has 0 aliphatic carbocycles. The van der Waals surface area contributed by atoms with Crippen molar-refractivity contribution in [3.05, 3.63) is 82.1 Å². The minimum Gasteiger partial charge on any atom is -0.377 e. The van der Waals surface area contributed by atoms with E-state index >= 15 is 0 Å². The number of hydrogen-bond donors (Lipinski definition) is 0. The Hall–Kier alpha value is -3.90. The Kier molecular flexibility index (Phi) is 6.74. The maximum Gasteiger partial charge on any atom is 0.416 e. The van der Waals surface area contributed by atoms with Crippen LogP contribution in [-0.4, -0.2) is 37.0 Å². The molecular formula is C27H24F3N3O3. The van der Waals surface area contributed by atoms with Crippen LogP contribution in [-0.2, 0) is 15.7 Å². The molecule has 0 N–H and O–H groups in total. The van der Waals surface area contributed by atoms with Crippen molar-refractivity contribution in [1.29, 1.82) is 5.26 Å². The van der Waals surface area contributed by atoms with Gasteiger partial charge in [0.05, 0.1) is 42.1 Å². The Balaban J connectivity index is 1.91. The highest BCUT2D eigenvalue weighted by atomic mass is 19.4. The number of hydrogen-bond acceptors (Lipinski definition) is 4. The molecule has 9 heteroatoms. The molecule has 2 aromatic rings. The molecular weight excluding hydrogens is 471 g/mol. The number of ketones is 1. The first-order valence-electron chi connectivity index (χ1n) is 11.3. The van der Waals surface area contributed by atoms with E-state index < -0.39 is 23.8 Å². The maximum absolute atomic E-state index is 13.6. The first kappa shape index (κ1) is 25.2. The molecule has 0 radical (unpaired) electrons. The molecule has 0 aromatic heterocycles. The van der Waals surface area contributed by atoms with E-state index in [1.807, 2.05) is 6.08 Å². The van der Waals surface area contributed by atoms with Crippen molar-refractivity contribution in [2.24, 2.45) is 0 Å². The van der Waals surface area contributed by atoms with Crippen LogP contribution in [0.1, 0.15) is 48.6 Å². The minimum atomic E-state index is -4.58. The van der Waals surface area contributed by atoms with Crippen molar-refractivity contribution >= 4 is 23.1 Å². The van der Waals surface area contributed by atoms with Crippen LogP contribution in [0.5, 0.6) is 0 Å². The number of nitriles is 1. The summed E-state index contributed by atoms with van der Waals surface area (Å²) >= 11 is 0. The van der Waals surface area contributed by atoms with E-state index in [0.29, 0.717) is 30.8 Å². The van der Waals surface area contributed by atoms with Crippen LogP contribution >= 0.6 is 0 Å². The zero-order valence-corrected chi connectivity index (χ0v) is 20.0. The lowest BCUT2D eigenvalue weighted by atomic mass is 9.84. The van der Waals surface area contributed by atoms with Crippen LogP contribution in [0.25, 0.3) is 5.57 Å². The number of ether oxygens (including phenoxy) is 1. The summed E-state index contributed by atoms with van der Waals surface area (Å²) in [5.41, 5.74) is 2.43. The number of carbonyl (C=O) groups excluding carboxylic acids is 2. The lowest BCUT2D eigenvalue weighted by Gasteiger charge is -2.42. The van der Waals surface area contributed by atoms with Crippen LogP contribution in [0.4, 0.5) is 23.7 Å². The molecule has 0 spiro atoms. The molecule has 0 fully saturated rings. The molecule has 0 bridgehead atoms. The summed E-state index contributed by atoms with van der Waals surface area (Å²) in [5.74, 6) is -0.315. The fraction of sp³-hybridized carbons (Fsp3) is 0.296. The van der Waals surface area contributed by atoms with E-state index in [2.05, 4.69) is 6.07 Å². The topological polar surface area (TPSA) is 73.6 Å². The number of nitrogens with zero attached hydrogens (tertiary/aromatic N) is 3. The van der Waals surface area contributed by atoms with Crippen LogP contribution < -0.4 is 4.90 Å². The number of alkyl halides is 3. The summed E-state index contributed by atoms with van der Waals surface area (Å²) in [4.78, 5) is 29.1. The van der Waals surface area contributed by atoms with Crippen LogP contribution in [0.15, 0.2) is 59.8 Å². The third-order valence-corrected chi connectivity index (χ3v) is 6.48. The standard InChI is InChI=1S/C27H24F3N3O3/c1-16-24(17(2)34)25(22-8-7-18(15-31)13-23(22)19-9-11-36-12-10-19)32(3)26(35)33(16)21-6-4-5-20(14-21)27(28,29)30/h4-9,13-14,25H,10-12H2,1-3H3. The SMILES string of the molecule is CC(=O)C1=C(C)N(c2cccc(C(F)(F)F)c2)C(=O)N(C)C1c1ccc(C#N)cc1C1=CCOCC1. The van der Waals surface area contributed by atoms with Gasteiger partial charge in [-0.25, -0.2) is 4.79 Å². The predicted molar refractivity (Wildman–Crippen MR) is 128 cm³/mol. The Bertz CT molecular complexity index is 1340. The number of likely N-dealkylation sites (N-methyl/N-ethyl adjacent to an activating group) is 1. The van der Waals surface area contributed by atoms with Gasteiger partial charge in [0.1, 0.15) is 0 Å². The van der Waals surface area contributed by atoms with Crippen molar-refractivity contribution in [3.8, 4) is 6.07 Å². The van der Waals surface area contributed by atoms with E-state index in [1.165, 1.54) is 31.0 Å². The molecule has 0 saturated carbocycles. The maximum atomic E-state index is 13.6. The Morgan fingerprint density at radius 2 is 1.94 bits per heavy atom. The smallest absolute Gasteiger partial charge is 0.377 e. The van der Waals surface area contributed by atoms with Crippen molar-refractivity contribution in [3.63, 3.8) is 0 Å². The normalized spacial score (nSPS) is 18.8. The van der Waals surface area contributed by atoms with Crippen molar-refractivity contribution in [2.75, 3.05) is 25.2 Å². The second kappa shape index (κ2) is 9.63. The zero-order chi connectivity index (χ0) is 26.2. The van der Waals surface area contributed by atoms with Gasteiger partial charge in [0.15, 0.2) is 5.78 Å². The number of amides is 2. The number of carbonyl (C=O) groups is 2. The van der Waals surface area contributed by atoms with Gasteiger partial charge in [-0.1, -0.05) is 18.2 Å². The number of allylic oxidation sites excluding steroid dienone is 1. The van der Waals surface area contributed by atoms with E-state index in [9.17, 15) is 28.0 Å². The molecule has 6 nitrogen and oxygen atoms in total. The monoisotopic (exact) mass is 495 g/mol. The Morgan fingerprint density at radius 1 is 1.19 bits per heavy atom. The number of rotatable bonds is 4. The van der Waals surface area contributed by atoms with Gasteiger partial charge in [0, 0.05) is 18.3 Å². The fourth-order valence-corrected chi connectivity index (χ4v) is 4.77. The van der Waals surface area contributed by atoms with Gasteiger partial charge in [-0.15, -0.1) is 0 Å². The third-order valence-electron chi connectivity index (χ3n) is 6.48. The van der Waals surface area contributed by atoms with Crippen molar-refractivity contribution < 1.29 is 27.5 Å². The highest BCUT2D eigenvalue weighted by molar-refractivity contribution is 6.05. The molecule has 4 rings (SSSR count). The summed E-state index contributed by atoms with van der Waals surface area (Å²) in [7, 11) is 1.52. The lowest BCUT2D eigenvalue weighted by molar-refractivity contribution is -0.137. The predicted octanol–water partition coefficient (Wildman–Crippen LogP) is 5.86. The number of halogens is 3. The molecule has 2 heterocycles. The molecule has 2 aliphatic rings. The van der Waals surface area contributed by atoms with Crippen LogP contribution in [0.3, 0.4) is 0 Å². The average molecular weight is 496 g/mol. The molecule has 2 aliphatic heterocycles. The molecule has 1 unspecified atom stereocenters. The highest BCUT2D eigenvalue weighted by Gasteiger charge is 2.41. The highest BCUT2D eigenvalue weighted by Crippen LogP contribution is 2.43. The summed E-state index contributed by atoms with van der Waals surface area (Å²) in [6.45, 7) is 3.84. The second-order valence-electron chi connectivity index (χ2n) is 8.70. The minimum absolute atomic E-state index is 0.0172. The summed E-state index contributed by atoms with van der Waals surface area (Å²) in [6.07, 6.45) is -2.08. The quantitative estimate of drug-likeness (QED) is 0.533. The Morgan fingerprint density at radius 3 is 2.56 bits per heavy atom. The summed E-state index contributed by atoms with van der Waals surface area (Å²) in [5, 5.41) is 9.47. The molecule has 186 valence electrons. The first-order chi connectivity index (χ1) is 17.0. The van der Waals surface area contributed by atoms with Gasteiger partial charge in [-0.05, 0) is 67.3 Å². The molecule has 2 aromatic carbocycles. The van der Waals surface area contributed by atoms with Gasteiger partial charge in [0.25, 0.3) is 0 Å². The fourth-order valence-electron chi connectivity index (χ4n) is 4.77. The van der Waals surface area contributed by atoms with E-state index in [-0.39, 0.29) is 22.7 Å². The van der Waals surface area contributed by atoms with Crippen LogP contribution in [0, 0.1) is 11.3 Å². The van der Waals surface area contributed by atoms with E-state index in [0.717, 1.165) is 28.2 Å². The number of anilines is 1. The van der Waals surface area contributed by atoms with Crippen molar-refractivity contribution in [2.45, 2.75) is 32.5 Å². The second-order valence-corrected chi connectivity index (χ2v) is 8.70. The largest absolute Gasteiger partial charge is 0.416 e. The molecule has 1 atom stereocenters. The van der Waals surface area contributed by atoms with Gasteiger partial charge in [0.2, 0.25) is 0 Å². The zero-order valence-electron chi connectivity index (χ0n) is 20.0. The van der Waals surface area contributed by atoms with E-state index in [1.54, 1.807) is 25.1 Å². The van der Waals surface area contributed by atoms with Crippen molar-refractivity contribution in [1.82, 2.24) is 4.90 Å². The third kappa shape index (κ3) is 4.52. The summed E-state index contributed by atoms with van der Waals surface area (Å²) < 4.78 is 45.5. The summed E-state index contributed by atoms with van der Waals surface area (Å²) in [6, 6.07) is 10.3. The molecule has 36 heavy (non-hydrogen) atoms. The van der Waals surface area contributed by atoms with Gasteiger partial charge in [-0.2, -0.15) is 18.4 Å². The Labute approximate surface area is 206 Å². The first-order valence-corrected chi connectivity index (χ1v) is 11.3. The van der Waals surface area contributed by atoms with Crippen LogP contribution in [0.2, 0.25) is 0 Å². The van der Waals surface area contributed by atoms with Gasteiger partial charge in [-0.3, -0.25) is 9.69 Å². The van der Waals surface area contributed by atoms with E-state index in [4.69, 9.17) is 4.74 Å². The number of urea groups is 1. The average Bonchev–Trinajstić information content (AvgIpc) is 2.86. The van der Waals surface area contributed by atoms with Gasteiger partial charge < -0.3 is 9.64 Å². The lowest BCUT2D eigenvalue weighted by Crippen LogP contribution is -2.49. The number of benzene rings is 2.